The van der Waals surface area contributed by atoms with E-state index in [4.69, 9.17) is 5.11 Å². The first-order chi connectivity index (χ1) is 7.91. The number of benzene rings is 1. The topological polar surface area (TPSA) is 49.3 Å². The fourth-order valence-corrected chi connectivity index (χ4v) is 1.72. The molecular weight excluding hydrogens is 303 g/mol. The van der Waals surface area contributed by atoms with Crippen molar-refractivity contribution in [2.24, 2.45) is 0 Å². The fourth-order valence-electron chi connectivity index (χ4n) is 1.34. The van der Waals surface area contributed by atoms with Gasteiger partial charge >= 0.3 is 6.09 Å². The second kappa shape index (κ2) is 5.90. The molecule has 0 aliphatic carbocycles. The normalized spacial score (nSPS) is 10.6. The first-order valence-electron chi connectivity index (χ1n) is 4.62. The van der Waals surface area contributed by atoms with Crippen LogP contribution in [0.25, 0.3) is 0 Å². The quantitative estimate of drug-likeness (QED) is 0.897. The highest BCUT2D eigenvalue weighted by atomic mass is 79.9. The van der Waals surface area contributed by atoms with Gasteiger partial charge in [-0.1, -0.05) is 6.07 Å². The predicted octanol–water partition coefficient (Wildman–Crippen LogP) is 3.16. The highest BCUT2D eigenvalue weighted by Crippen LogP contribution is 2.24. The number of amides is 1. The number of hydrogen-bond acceptors (Lipinski definition) is 1. The molecule has 0 saturated carbocycles. The Morgan fingerprint density at radius 1 is 1.47 bits per heavy atom. The number of nitrogens with one attached hydrogen (secondary N) is 1. The zero-order valence-electron chi connectivity index (χ0n) is 8.51. The van der Waals surface area contributed by atoms with E-state index in [1.54, 1.807) is 0 Å². The minimum atomic E-state index is -2.69. The number of hydrogen-bond donors (Lipinski definition) is 2. The second-order valence-electron chi connectivity index (χ2n) is 3.25. The van der Waals surface area contributed by atoms with E-state index in [2.05, 4.69) is 15.9 Å². The maximum absolute atomic E-state index is 13.6. The molecule has 0 aliphatic heterocycles. The Bertz CT molecular complexity index is 426. The van der Waals surface area contributed by atoms with Crippen molar-refractivity contribution in [2.45, 2.75) is 19.4 Å². The van der Waals surface area contributed by atoms with Crippen molar-refractivity contribution < 1.29 is 23.1 Å². The lowest BCUT2D eigenvalue weighted by molar-refractivity contribution is 0.147. The van der Waals surface area contributed by atoms with E-state index >= 15 is 0 Å². The van der Waals surface area contributed by atoms with Gasteiger partial charge in [-0.3, -0.25) is 0 Å². The summed E-state index contributed by atoms with van der Waals surface area (Å²) in [5.74, 6) is -0.782. The molecule has 17 heavy (non-hydrogen) atoms. The maximum Gasteiger partial charge on any atom is 0.404 e. The second-order valence-corrected chi connectivity index (χ2v) is 4.11. The lowest BCUT2D eigenvalue weighted by Crippen LogP contribution is -2.21. The highest BCUT2D eigenvalue weighted by Gasteiger charge is 2.16. The minimum Gasteiger partial charge on any atom is -0.465 e. The number of carboxylic acid groups (broad SMARTS) is 1. The van der Waals surface area contributed by atoms with Crippen LogP contribution in [-0.2, 0) is 13.0 Å². The lowest BCUT2D eigenvalue weighted by Gasteiger charge is -2.11. The summed E-state index contributed by atoms with van der Waals surface area (Å²) in [4.78, 5) is 10.3. The summed E-state index contributed by atoms with van der Waals surface area (Å²) in [5.41, 5.74) is 0.0246. The van der Waals surface area contributed by atoms with Gasteiger partial charge in [0.05, 0.1) is 4.47 Å². The Labute approximate surface area is 104 Å². The Balaban J connectivity index is 3.02. The van der Waals surface area contributed by atoms with Crippen molar-refractivity contribution in [3.63, 3.8) is 0 Å². The molecule has 0 aromatic heterocycles. The van der Waals surface area contributed by atoms with Crippen LogP contribution in [0, 0.1) is 5.82 Å². The third-order valence-electron chi connectivity index (χ3n) is 2.08. The summed E-state index contributed by atoms with van der Waals surface area (Å²) < 4.78 is 38.3. The lowest BCUT2D eigenvalue weighted by atomic mass is 10.0. The first kappa shape index (κ1) is 13.8. The molecule has 0 aliphatic rings. The van der Waals surface area contributed by atoms with Crippen LogP contribution in [-0.4, -0.2) is 17.6 Å². The SMILES string of the molecule is O=C(O)NCc1ccc(Br)c(F)c1CC(F)F. The third kappa shape index (κ3) is 3.92. The van der Waals surface area contributed by atoms with Crippen molar-refractivity contribution in [3.05, 3.63) is 33.5 Å². The first-order valence-corrected chi connectivity index (χ1v) is 5.41. The highest BCUT2D eigenvalue weighted by molar-refractivity contribution is 9.10. The summed E-state index contributed by atoms with van der Waals surface area (Å²) in [5, 5.41) is 10.4. The van der Waals surface area contributed by atoms with Crippen LogP contribution in [0.5, 0.6) is 0 Å². The molecule has 1 amide bonds. The van der Waals surface area contributed by atoms with E-state index in [0.717, 1.165) is 0 Å². The molecule has 0 heterocycles. The van der Waals surface area contributed by atoms with Crippen molar-refractivity contribution in [1.82, 2.24) is 5.32 Å². The number of rotatable bonds is 4. The molecule has 1 aromatic rings. The Morgan fingerprint density at radius 2 is 2.12 bits per heavy atom. The molecule has 1 rings (SSSR count). The smallest absolute Gasteiger partial charge is 0.404 e. The van der Waals surface area contributed by atoms with Gasteiger partial charge in [0.2, 0.25) is 6.43 Å². The van der Waals surface area contributed by atoms with Gasteiger partial charge in [0.1, 0.15) is 5.82 Å². The van der Waals surface area contributed by atoms with Gasteiger partial charge in [-0.25, -0.2) is 18.0 Å². The molecule has 1 aromatic carbocycles. The van der Waals surface area contributed by atoms with E-state index in [-0.39, 0.29) is 22.1 Å². The molecule has 0 spiro atoms. The summed E-state index contributed by atoms with van der Waals surface area (Å²) in [6, 6.07) is 2.75. The van der Waals surface area contributed by atoms with Crippen LogP contribution < -0.4 is 5.32 Å². The summed E-state index contributed by atoms with van der Waals surface area (Å²) >= 11 is 2.89. The van der Waals surface area contributed by atoms with Gasteiger partial charge in [-0.05, 0) is 33.1 Å². The number of halogens is 4. The molecule has 7 heteroatoms. The Kier molecular flexibility index (Phi) is 4.80. The van der Waals surface area contributed by atoms with Gasteiger partial charge in [0.25, 0.3) is 0 Å². The zero-order valence-corrected chi connectivity index (χ0v) is 10.1. The average Bonchev–Trinajstić information content (AvgIpc) is 2.23. The van der Waals surface area contributed by atoms with Crippen molar-refractivity contribution in [3.8, 4) is 0 Å². The van der Waals surface area contributed by atoms with Crippen LogP contribution in [0.3, 0.4) is 0 Å². The third-order valence-corrected chi connectivity index (χ3v) is 2.69. The van der Waals surface area contributed by atoms with E-state index < -0.39 is 24.8 Å². The van der Waals surface area contributed by atoms with Crippen molar-refractivity contribution in [2.75, 3.05) is 0 Å². The molecule has 0 saturated heterocycles. The van der Waals surface area contributed by atoms with E-state index in [9.17, 15) is 18.0 Å². The molecule has 0 bridgehead atoms. The van der Waals surface area contributed by atoms with Crippen LogP contribution in [0.2, 0.25) is 0 Å². The number of alkyl halides is 2. The van der Waals surface area contributed by atoms with E-state index in [0.29, 0.717) is 0 Å². The van der Waals surface area contributed by atoms with Crippen molar-refractivity contribution >= 4 is 22.0 Å². The van der Waals surface area contributed by atoms with Crippen LogP contribution in [0.4, 0.5) is 18.0 Å². The van der Waals surface area contributed by atoms with Gasteiger partial charge in [0, 0.05) is 13.0 Å². The molecule has 0 radical (unpaired) electrons. The maximum atomic E-state index is 13.6. The molecule has 0 unspecified atom stereocenters. The predicted molar refractivity (Wildman–Crippen MR) is 58.7 cm³/mol. The van der Waals surface area contributed by atoms with Crippen LogP contribution in [0.15, 0.2) is 16.6 Å². The monoisotopic (exact) mass is 311 g/mol. The van der Waals surface area contributed by atoms with Gasteiger partial charge in [-0.15, -0.1) is 0 Å². The van der Waals surface area contributed by atoms with Gasteiger partial charge in [-0.2, -0.15) is 0 Å². The van der Waals surface area contributed by atoms with Crippen LogP contribution in [0.1, 0.15) is 11.1 Å². The van der Waals surface area contributed by atoms with E-state index in [1.165, 1.54) is 12.1 Å². The zero-order chi connectivity index (χ0) is 13.0. The standard InChI is InChI=1S/C10H9BrF3NO2/c11-7-2-1-5(4-15-10(16)17)6(9(7)14)3-8(12)13/h1-2,8,15H,3-4H2,(H,16,17). The summed E-state index contributed by atoms with van der Waals surface area (Å²) in [6.45, 7) is -0.207. The van der Waals surface area contributed by atoms with Crippen LogP contribution >= 0.6 is 15.9 Å². The molecule has 2 N–H and O–H groups in total. The summed E-state index contributed by atoms with van der Waals surface area (Å²) in [7, 11) is 0. The molecule has 0 atom stereocenters. The largest absolute Gasteiger partial charge is 0.465 e. The minimum absolute atomic E-state index is 0.0761. The van der Waals surface area contributed by atoms with Crippen molar-refractivity contribution in [1.29, 1.82) is 0 Å². The fraction of sp³-hybridized carbons (Fsp3) is 0.300. The van der Waals surface area contributed by atoms with Gasteiger partial charge in [0.15, 0.2) is 0 Å². The molecular formula is C10H9BrF3NO2. The Hall–Kier alpha value is -1.24. The van der Waals surface area contributed by atoms with Gasteiger partial charge < -0.3 is 10.4 Å². The Morgan fingerprint density at radius 3 is 2.65 bits per heavy atom. The molecule has 0 fully saturated rings. The molecule has 94 valence electrons. The summed E-state index contributed by atoms with van der Waals surface area (Å²) in [6.07, 6.45) is -4.74. The molecule has 3 nitrogen and oxygen atoms in total. The number of carbonyl (C=O) groups is 1. The van der Waals surface area contributed by atoms with E-state index in [1.807, 2.05) is 5.32 Å². The average molecular weight is 312 g/mol.